The summed E-state index contributed by atoms with van der Waals surface area (Å²) in [6, 6.07) is 9.61. The minimum absolute atomic E-state index is 0.124. The average molecular weight is 289 g/mol. The van der Waals surface area contributed by atoms with Gasteiger partial charge < -0.3 is 19.6 Å². The van der Waals surface area contributed by atoms with Gasteiger partial charge in [-0.05, 0) is 43.3 Å². The first-order chi connectivity index (χ1) is 10.1. The lowest BCUT2D eigenvalue weighted by Crippen LogP contribution is -2.22. The lowest BCUT2D eigenvalue weighted by atomic mass is 10.2. The third-order valence-electron chi connectivity index (χ3n) is 2.72. The third kappa shape index (κ3) is 3.85. The highest BCUT2D eigenvalue weighted by Crippen LogP contribution is 2.12. The van der Waals surface area contributed by atoms with Gasteiger partial charge in [0, 0.05) is 5.56 Å². The first-order valence-electron chi connectivity index (χ1n) is 6.43. The molecular formula is C15H15NO5. The van der Waals surface area contributed by atoms with Crippen LogP contribution in [0.5, 0.6) is 5.75 Å². The fourth-order valence-corrected chi connectivity index (χ4v) is 1.73. The second kappa shape index (κ2) is 6.60. The van der Waals surface area contributed by atoms with Gasteiger partial charge in [0.05, 0.1) is 13.2 Å². The van der Waals surface area contributed by atoms with Gasteiger partial charge >= 0.3 is 5.97 Å². The minimum Gasteiger partial charge on any atom is -0.494 e. The molecule has 110 valence electrons. The number of ether oxygens (including phenoxy) is 1. The molecule has 0 aliphatic heterocycles. The van der Waals surface area contributed by atoms with Crippen LogP contribution in [0.4, 0.5) is 0 Å². The van der Waals surface area contributed by atoms with Crippen LogP contribution in [0, 0.1) is 0 Å². The van der Waals surface area contributed by atoms with Gasteiger partial charge in [-0.3, -0.25) is 4.79 Å². The quantitative estimate of drug-likeness (QED) is 0.851. The first kappa shape index (κ1) is 14.6. The van der Waals surface area contributed by atoms with E-state index in [0.717, 1.165) is 0 Å². The van der Waals surface area contributed by atoms with Crippen molar-refractivity contribution in [3.8, 4) is 5.75 Å². The summed E-state index contributed by atoms with van der Waals surface area (Å²) >= 11 is 0. The monoisotopic (exact) mass is 289 g/mol. The number of carboxylic acids is 1. The first-order valence-corrected chi connectivity index (χ1v) is 6.43. The minimum atomic E-state index is -1.14. The predicted molar refractivity (Wildman–Crippen MR) is 74.4 cm³/mol. The van der Waals surface area contributed by atoms with Gasteiger partial charge in [-0.15, -0.1) is 0 Å². The van der Waals surface area contributed by atoms with Gasteiger partial charge in [0.25, 0.3) is 5.91 Å². The molecule has 0 radical (unpaired) electrons. The molecule has 0 fully saturated rings. The van der Waals surface area contributed by atoms with Crippen molar-refractivity contribution in [3.63, 3.8) is 0 Å². The topological polar surface area (TPSA) is 88.8 Å². The van der Waals surface area contributed by atoms with E-state index in [1.54, 1.807) is 24.3 Å². The molecule has 2 rings (SSSR count). The lowest BCUT2D eigenvalue weighted by Gasteiger charge is -2.05. The van der Waals surface area contributed by atoms with E-state index in [0.29, 0.717) is 23.7 Å². The van der Waals surface area contributed by atoms with Crippen LogP contribution in [0.2, 0.25) is 0 Å². The van der Waals surface area contributed by atoms with Crippen LogP contribution in [-0.4, -0.2) is 23.6 Å². The maximum absolute atomic E-state index is 11.9. The molecule has 1 aromatic heterocycles. The lowest BCUT2D eigenvalue weighted by molar-refractivity contribution is 0.0660. The highest BCUT2D eigenvalue weighted by Gasteiger charge is 2.10. The van der Waals surface area contributed by atoms with Crippen molar-refractivity contribution in [2.24, 2.45) is 0 Å². The number of carboxylic acid groups (broad SMARTS) is 1. The molecule has 0 aliphatic carbocycles. The van der Waals surface area contributed by atoms with Gasteiger partial charge in [-0.2, -0.15) is 0 Å². The molecule has 1 amide bonds. The van der Waals surface area contributed by atoms with E-state index in [2.05, 4.69) is 5.32 Å². The van der Waals surface area contributed by atoms with Crippen molar-refractivity contribution in [3.05, 3.63) is 53.5 Å². The van der Waals surface area contributed by atoms with Gasteiger partial charge in [0.2, 0.25) is 5.76 Å². The second-order valence-electron chi connectivity index (χ2n) is 4.21. The Labute approximate surface area is 121 Å². The van der Waals surface area contributed by atoms with Crippen molar-refractivity contribution >= 4 is 11.9 Å². The van der Waals surface area contributed by atoms with Crippen LogP contribution < -0.4 is 10.1 Å². The summed E-state index contributed by atoms with van der Waals surface area (Å²) in [5.41, 5.74) is 0.489. The molecule has 0 unspecified atom stereocenters. The maximum atomic E-state index is 11.9. The molecule has 1 aromatic carbocycles. The molecule has 0 saturated heterocycles. The van der Waals surface area contributed by atoms with Crippen LogP contribution in [0.1, 0.15) is 33.6 Å². The molecule has 6 nitrogen and oxygen atoms in total. The summed E-state index contributed by atoms with van der Waals surface area (Å²) in [5, 5.41) is 11.4. The van der Waals surface area contributed by atoms with Crippen molar-refractivity contribution in [1.82, 2.24) is 5.32 Å². The third-order valence-corrected chi connectivity index (χ3v) is 2.72. The SMILES string of the molecule is CCOc1ccc(C(=O)NCc2ccc(C(=O)O)o2)cc1. The van der Waals surface area contributed by atoms with Crippen LogP contribution in [0.25, 0.3) is 0 Å². The number of benzene rings is 1. The molecule has 2 N–H and O–H groups in total. The van der Waals surface area contributed by atoms with Crippen LogP contribution >= 0.6 is 0 Å². The van der Waals surface area contributed by atoms with Crippen LogP contribution in [-0.2, 0) is 6.54 Å². The molecular weight excluding hydrogens is 274 g/mol. The van der Waals surface area contributed by atoms with E-state index >= 15 is 0 Å². The smallest absolute Gasteiger partial charge is 0.371 e. The van der Waals surface area contributed by atoms with Gasteiger partial charge in [-0.25, -0.2) is 4.79 Å². The molecule has 21 heavy (non-hydrogen) atoms. The zero-order valence-electron chi connectivity index (χ0n) is 11.5. The molecule has 0 bridgehead atoms. The molecule has 1 heterocycles. The van der Waals surface area contributed by atoms with Gasteiger partial charge in [0.15, 0.2) is 0 Å². The zero-order chi connectivity index (χ0) is 15.2. The number of rotatable bonds is 6. The number of hydrogen-bond donors (Lipinski definition) is 2. The molecule has 2 aromatic rings. The zero-order valence-corrected chi connectivity index (χ0v) is 11.5. The summed E-state index contributed by atoms with van der Waals surface area (Å²) in [6.07, 6.45) is 0. The number of aromatic carboxylic acids is 1. The van der Waals surface area contributed by atoms with E-state index in [4.69, 9.17) is 14.3 Å². The Morgan fingerprint density at radius 1 is 1.19 bits per heavy atom. The Hall–Kier alpha value is -2.76. The number of nitrogens with one attached hydrogen (secondary N) is 1. The Kier molecular flexibility index (Phi) is 4.61. The fourth-order valence-electron chi connectivity index (χ4n) is 1.73. The van der Waals surface area contributed by atoms with Crippen molar-refractivity contribution in [2.45, 2.75) is 13.5 Å². The van der Waals surface area contributed by atoms with Gasteiger partial charge in [-0.1, -0.05) is 0 Å². The van der Waals surface area contributed by atoms with Gasteiger partial charge in [0.1, 0.15) is 11.5 Å². The molecule has 0 saturated carbocycles. The highest BCUT2D eigenvalue weighted by molar-refractivity contribution is 5.94. The summed E-state index contributed by atoms with van der Waals surface area (Å²) in [4.78, 5) is 22.6. The number of furan rings is 1. The number of amides is 1. The van der Waals surface area contributed by atoms with E-state index in [-0.39, 0.29) is 18.2 Å². The predicted octanol–water partition coefficient (Wildman–Crippen LogP) is 2.31. The summed E-state index contributed by atoms with van der Waals surface area (Å²) < 4.78 is 10.3. The van der Waals surface area contributed by atoms with Crippen LogP contribution in [0.3, 0.4) is 0 Å². The van der Waals surface area contributed by atoms with E-state index in [1.807, 2.05) is 6.92 Å². The van der Waals surface area contributed by atoms with Crippen LogP contribution in [0.15, 0.2) is 40.8 Å². The standard InChI is InChI=1S/C15H15NO5/c1-2-20-11-5-3-10(4-6-11)14(17)16-9-12-7-8-13(21-12)15(18)19/h3-8H,2,9H2,1H3,(H,16,17)(H,18,19). The number of carbonyl (C=O) groups is 2. The number of hydrogen-bond acceptors (Lipinski definition) is 4. The molecule has 0 atom stereocenters. The van der Waals surface area contributed by atoms with E-state index in [1.165, 1.54) is 12.1 Å². The Morgan fingerprint density at radius 2 is 1.90 bits per heavy atom. The Balaban J connectivity index is 1.92. The van der Waals surface area contributed by atoms with Crippen molar-refractivity contribution < 1.29 is 23.8 Å². The second-order valence-corrected chi connectivity index (χ2v) is 4.21. The molecule has 6 heteroatoms. The van der Waals surface area contributed by atoms with E-state index in [9.17, 15) is 9.59 Å². The average Bonchev–Trinajstić information content (AvgIpc) is 2.95. The molecule has 0 aliphatic rings. The summed E-state index contributed by atoms with van der Waals surface area (Å²) in [7, 11) is 0. The normalized spacial score (nSPS) is 10.1. The largest absolute Gasteiger partial charge is 0.494 e. The Bertz CT molecular complexity index is 630. The van der Waals surface area contributed by atoms with Crippen molar-refractivity contribution in [1.29, 1.82) is 0 Å². The summed E-state index contributed by atoms with van der Waals surface area (Å²) in [5.74, 6) is -0.483. The molecule has 0 spiro atoms. The number of carbonyl (C=O) groups excluding carboxylic acids is 1. The van der Waals surface area contributed by atoms with Crippen molar-refractivity contribution in [2.75, 3.05) is 6.61 Å². The highest BCUT2D eigenvalue weighted by atomic mass is 16.5. The van der Waals surface area contributed by atoms with E-state index < -0.39 is 5.97 Å². The summed E-state index contributed by atoms with van der Waals surface area (Å²) in [6.45, 7) is 2.57. The fraction of sp³-hybridized carbons (Fsp3) is 0.200. The Morgan fingerprint density at radius 3 is 2.48 bits per heavy atom. The maximum Gasteiger partial charge on any atom is 0.371 e.